The van der Waals surface area contributed by atoms with Crippen molar-refractivity contribution in [3.63, 3.8) is 0 Å². The summed E-state index contributed by atoms with van der Waals surface area (Å²) in [6.45, 7) is 6.84. The maximum absolute atomic E-state index is 4.57. The Morgan fingerprint density at radius 3 is 2.88 bits per heavy atom. The Morgan fingerprint density at radius 2 is 2.31 bits per heavy atom. The highest BCUT2D eigenvalue weighted by Crippen LogP contribution is 2.42. The minimum atomic E-state index is 0.139. The van der Waals surface area contributed by atoms with Crippen LogP contribution in [0, 0.1) is 5.92 Å². The van der Waals surface area contributed by atoms with Gasteiger partial charge in [0.25, 0.3) is 0 Å². The summed E-state index contributed by atoms with van der Waals surface area (Å²) in [5.41, 5.74) is 0.139. The molecule has 0 saturated heterocycles. The molecule has 2 nitrogen and oxygen atoms in total. The normalized spacial score (nSPS) is 30.9. The summed E-state index contributed by atoms with van der Waals surface area (Å²) in [6.07, 6.45) is 7.18. The van der Waals surface area contributed by atoms with E-state index in [0.29, 0.717) is 12.0 Å². The molecular weight excluding hydrogens is 216 g/mol. The van der Waals surface area contributed by atoms with Gasteiger partial charge in [-0.15, -0.1) is 11.3 Å². The smallest absolute Gasteiger partial charge is 0.113 e. The number of thiazole rings is 1. The molecule has 0 spiro atoms. The Balaban J connectivity index is 2.31. The summed E-state index contributed by atoms with van der Waals surface area (Å²) >= 11 is 1.80. The molecule has 1 aliphatic rings. The van der Waals surface area contributed by atoms with E-state index in [4.69, 9.17) is 0 Å². The largest absolute Gasteiger partial charge is 0.303 e. The van der Waals surface area contributed by atoms with Crippen LogP contribution in [0.25, 0.3) is 0 Å². The number of nitrogens with one attached hydrogen (secondary N) is 1. The molecule has 1 aromatic heterocycles. The van der Waals surface area contributed by atoms with Gasteiger partial charge in [-0.3, -0.25) is 0 Å². The SMILES string of the molecule is CC(C)NC1(c2nccs2)CCCCC1C. The van der Waals surface area contributed by atoms with Crippen molar-refractivity contribution in [2.75, 3.05) is 0 Å². The molecular formula is C13H22N2S. The third-order valence-electron chi connectivity index (χ3n) is 3.66. The number of hydrogen-bond acceptors (Lipinski definition) is 3. The van der Waals surface area contributed by atoms with Gasteiger partial charge in [-0.05, 0) is 32.6 Å². The summed E-state index contributed by atoms with van der Waals surface area (Å²) in [5.74, 6) is 0.690. The van der Waals surface area contributed by atoms with Gasteiger partial charge in [-0.2, -0.15) is 0 Å². The van der Waals surface area contributed by atoms with Crippen LogP contribution in [0.3, 0.4) is 0 Å². The van der Waals surface area contributed by atoms with E-state index >= 15 is 0 Å². The van der Waals surface area contributed by atoms with Crippen molar-refractivity contribution in [1.82, 2.24) is 10.3 Å². The van der Waals surface area contributed by atoms with Crippen LogP contribution in [0.4, 0.5) is 0 Å². The van der Waals surface area contributed by atoms with Gasteiger partial charge >= 0.3 is 0 Å². The van der Waals surface area contributed by atoms with Gasteiger partial charge in [0, 0.05) is 17.6 Å². The van der Waals surface area contributed by atoms with Gasteiger partial charge in [-0.1, -0.05) is 19.8 Å². The molecule has 0 bridgehead atoms. The second-order valence-electron chi connectivity index (χ2n) is 5.25. The average molecular weight is 238 g/mol. The monoisotopic (exact) mass is 238 g/mol. The molecule has 2 rings (SSSR count). The van der Waals surface area contributed by atoms with Crippen molar-refractivity contribution >= 4 is 11.3 Å². The molecule has 1 saturated carbocycles. The maximum atomic E-state index is 4.57. The Morgan fingerprint density at radius 1 is 1.50 bits per heavy atom. The Labute approximate surface area is 102 Å². The molecule has 16 heavy (non-hydrogen) atoms. The van der Waals surface area contributed by atoms with Gasteiger partial charge in [0.05, 0.1) is 5.54 Å². The summed E-state index contributed by atoms with van der Waals surface area (Å²) in [4.78, 5) is 4.57. The lowest BCUT2D eigenvalue weighted by molar-refractivity contribution is 0.141. The van der Waals surface area contributed by atoms with E-state index in [0.717, 1.165) is 0 Å². The van der Waals surface area contributed by atoms with Gasteiger partial charge in [0.15, 0.2) is 0 Å². The molecule has 3 heteroatoms. The zero-order chi connectivity index (χ0) is 11.6. The van der Waals surface area contributed by atoms with Crippen molar-refractivity contribution in [2.24, 2.45) is 5.92 Å². The van der Waals surface area contributed by atoms with Crippen LogP contribution >= 0.6 is 11.3 Å². The first kappa shape index (κ1) is 12.1. The lowest BCUT2D eigenvalue weighted by atomic mass is 9.73. The molecule has 1 aromatic rings. The van der Waals surface area contributed by atoms with E-state index in [9.17, 15) is 0 Å². The molecule has 1 fully saturated rings. The first-order valence-electron chi connectivity index (χ1n) is 6.33. The van der Waals surface area contributed by atoms with Crippen LogP contribution in [0.1, 0.15) is 51.5 Å². The van der Waals surface area contributed by atoms with Crippen molar-refractivity contribution in [3.8, 4) is 0 Å². The number of hydrogen-bond donors (Lipinski definition) is 1. The van der Waals surface area contributed by atoms with Crippen LogP contribution in [0.5, 0.6) is 0 Å². The van der Waals surface area contributed by atoms with Crippen LogP contribution in [-0.4, -0.2) is 11.0 Å². The lowest BCUT2D eigenvalue weighted by Crippen LogP contribution is -2.52. The summed E-state index contributed by atoms with van der Waals surface area (Å²) in [5, 5.41) is 7.18. The second kappa shape index (κ2) is 4.84. The molecule has 0 radical (unpaired) electrons. The minimum absolute atomic E-state index is 0.139. The fourth-order valence-electron chi connectivity index (χ4n) is 2.90. The Hall–Kier alpha value is -0.410. The summed E-state index contributed by atoms with van der Waals surface area (Å²) in [6, 6.07) is 0.518. The van der Waals surface area contributed by atoms with Crippen LogP contribution in [0.2, 0.25) is 0 Å². The van der Waals surface area contributed by atoms with Gasteiger partial charge in [0.2, 0.25) is 0 Å². The fraction of sp³-hybridized carbons (Fsp3) is 0.769. The maximum Gasteiger partial charge on any atom is 0.113 e. The quantitative estimate of drug-likeness (QED) is 0.871. The highest BCUT2D eigenvalue weighted by Gasteiger charge is 2.41. The minimum Gasteiger partial charge on any atom is -0.303 e. The predicted octanol–water partition coefficient (Wildman–Crippen LogP) is 3.55. The van der Waals surface area contributed by atoms with Gasteiger partial charge < -0.3 is 5.32 Å². The van der Waals surface area contributed by atoms with Crippen molar-refractivity contribution in [2.45, 2.75) is 58.0 Å². The van der Waals surface area contributed by atoms with E-state index in [1.807, 2.05) is 6.20 Å². The lowest BCUT2D eigenvalue weighted by Gasteiger charge is -2.43. The molecule has 1 aliphatic carbocycles. The average Bonchev–Trinajstić information content (AvgIpc) is 2.74. The first-order chi connectivity index (χ1) is 7.65. The molecule has 90 valence electrons. The Bertz CT molecular complexity index is 321. The molecule has 0 aliphatic heterocycles. The van der Waals surface area contributed by atoms with E-state index < -0.39 is 0 Å². The van der Waals surface area contributed by atoms with E-state index in [1.165, 1.54) is 30.7 Å². The van der Waals surface area contributed by atoms with Crippen LogP contribution < -0.4 is 5.32 Å². The van der Waals surface area contributed by atoms with Crippen molar-refractivity contribution in [3.05, 3.63) is 16.6 Å². The third-order valence-corrected chi connectivity index (χ3v) is 4.61. The van der Waals surface area contributed by atoms with E-state index in [-0.39, 0.29) is 5.54 Å². The van der Waals surface area contributed by atoms with Crippen molar-refractivity contribution in [1.29, 1.82) is 0 Å². The van der Waals surface area contributed by atoms with Gasteiger partial charge in [0.1, 0.15) is 5.01 Å². The molecule has 0 amide bonds. The topological polar surface area (TPSA) is 24.9 Å². The molecule has 1 N–H and O–H groups in total. The molecule has 0 aromatic carbocycles. The second-order valence-corrected chi connectivity index (χ2v) is 6.15. The standard InChI is InChI=1S/C13H22N2S/c1-10(2)15-13(12-14-8-9-16-12)7-5-4-6-11(13)3/h8-11,15H,4-7H2,1-3H3. The highest BCUT2D eigenvalue weighted by molar-refractivity contribution is 7.09. The zero-order valence-electron chi connectivity index (χ0n) is 10.5. The van der Waals surface area contributed by atoms with E-state index in [2.05, 4.69) is 36.5 Å². The first-order valence-corrected chi connectivity index (χ1v) is 7.21. The molecule has 2 atom stereocenters. The van der Waals surface area contributed by atoms with Crippen molar-refractivity contribution < 1.29 is 0 Å². The van der Waals surface area contributed by atoms with Gasteiger partial charge in [-0.25, -0.2) is 4.98 Å². The van der Waals surface area contributed by atoms with E-state index in [1.54, 1.807) is 11.3 Å². The number of rotatable bonds is 3. The number of aromatic nitrogens is 1. The van der Waals surface area contributed by atoms with Crippen LogP contribution in [0.15, 0.2) is 11.6 Å². The zero-order valence-corrected chi connectivity index (χ0v) is 11.3. The predicted molar refractivity (Wildman–Crippen MR) is 69.7 cm³/mol. The highest BCUT2D eigenvalue weighted by atomic mass is 32.1. The molecule has 2 unspecified atom stereocenters. The fourth-order valence-corrected chi connectivity index (χ4v) is 3.84. The third kappa shape index (κ3) is 2.16. The summed E-state index contributed by atoms with van der Waals surface area (Å²) < 4.78 is 0. The number of nitrogens with zero attached hydrogens (tertiary/aromatic N) is 1. The summed E-state index contributed by atoms with van der Waals surface area (Å²) in [7, 11) is 0. The van der Waals surface area contributed by atoms with Crippen LogP contribution in [-0.2, 0) is 5.54 Å². The molecule has 1 heterocycles. The Kier molecular flexibility index (Phi) is 3.65.